The van der Waals surface area contributed by atoms with Gasteiger partial charge in [0.15, 0.2) is 16.6 Å². The minimum absolute atomic E-state index is 0.0173. The van der Waals surface area contributed by atoms with Crippen molar-refractivity contribution in [1.82, 2.24) is 15.8 Å². The van der Waals surface area contributed by atoms with Crippen LogP contribution >= 0.6 is 11.8 Å². The van der Waals surface area contributed by atoms with Crippen molar-refractivity contribution in [2.75, 3.05) is 5.75 Å². The molecule has 2 aromatic rings. The molecule has 2 rings (SSSR count). The molecule has 0 aliphatic rings. The molecule has 0 bridgehead atoms. The summed E-state index contributed by atoms with van der Waals surface area (Å²) in [5, 5.41) is 16.8. The maximum absolute atomic E-state index is 13.2. The second-order valence-electron chi connectivity index (χ2n) is 3.93. The lowest BCUT2D eigenvalue weighted by atomic mass is 10.2. The Labute approximate surface area is 127 Å². The van der Waals surface area contributed by atoms with E-state index in [1.165, 1.54) is 17.8 Å². The minimum Gasteiger partial charge on any atom is -0.290 e. The lowest BCUT2D eigenvalue weighted by Crippen LogP contribution is -2.21. The van der Waals surface area contributed by atoms with E-state index < -0.39 is 17.8 Å². The molecule has 0 radical (unpaired) electrons. The maximum Gasteiger partial charge on any atom is 0.266 e. The van der Waals surface area contributed by atoms with Gasteiger partial charge >= 0.3 is 0 Å². The van der Waals surface area contributed by atoms with E-state index in [0.29, 0.717) is 10.8 Å². The zero-order valence-electron chi connectivity index (χ0n) is 11.3. The monoisotopic (exact) mass is 332 g/mol. The summed E-state index contributed by atoms with van der Waals surface area (Å²) >= 11 is 1.29. The van der Waals surface area contributed by atoms with Crippen LogP contribution in [0.1, 0.15) is 24.6 Å². The number of hydrogen-bond donors (Lipinski definition) is 2. The summed E-state index contributed by atoms with van der Waals surface area (Å²) in [6.45, 7) is 1.88. The van der Waals surface area contributed by atoms with Gasteiger partial charge in [0.05, 0.1) is 11.3 Å². The van der Waals surface area contributed by atoms with Crippen molar-refractivity contribution in [3.63, 3.8) is 0 Å². The molecule has 0 amide bonds. The number of hydroxylamine groups is 1. The van der Waals surface area contributed by atoms with Crippen molar-refractivity contribution in [2.24, 2.45) is 4.99 Å². The molecule has 10 heteroatoms. The van der Waals surface area contributed by atoms with Crippen LogP contribution in [-0.2, 0) is 0 Å². The fraction of sp³-hybridized carbons (Fsp3) is 0.250. The van der Waals surface area contributed by atoms with Gasteiger partial charge in [-0.25, -0.2) is 22.8 Å². The van der Waals surface area contributed by atoms with Gasteiger partial charge in [-0.05, 0) is 34.3 Å². The lowest BCUT2D eigenvalue weighted by molar-refractivity contribution is 0.146. The molecule has 0 atom stereocenters. The van der Waals surface area contributed by atoms with Gasteiger partial charge < -0.3 is 0 Å². The smallest absolute Gasteiger partial charge is 0.266 e. The maximum atomic E-state index is 13.2. The Hall–Kier alpha value is -2.07. The summed E-state index contributed by atoms with van der Waals surface area (Å²) in [6.07, 6.45) is -2.97. The molecule has 1 aromatic heterocycles. The fourth-order valence-corrected chi connectivity index (χ4v) is 2.21. The van der Waals surface area contributed by atoms with Crippen LogP contribution < -0.4 is 5.48 Å². The Balaban J connectivity index is 2.40. The third kappa shape index (κ3) is 3.57. The van der Waals surface area contributed by atoms with E-state index in [1.807, 2.05) is 12.4 Å². The second-order valence-corrected chi connectivity index (χ2v) is 5.18. The average Bonchev–Trinajstić information content (AvgIpc) is 2.94. The second kappa shape index (κ2) is 7.27. The van der Waals surface area contributed by atoms with Crippen LogP contribution in [-0.4, -0.2) is 27.1 Å². The molecule has 0 unspecified atom stereocenters. The molecule has 0 aliphatic carbocycles. The first-order chi connectivity index (χ1) is 10.6. The van der Waals surface area contributed by atoms with Crippen molar-refractivity contribution in [1.29, 1.82) is 0 Å². The molecular weight excluding hydrogens is 321 g/mol. The molecule has 0 aliphatic heterocycles. The van der Waals surface area contributed by atoms with E-state index in [4.69, 9.17) is 5.21 Å². The van der Waals surface area contributed by atoms with Gasteiger partial charge in [0, 0.05) is 0 Å². The summed E-state index contributed by atoms with van der Waals surface area (Å²) < 4.78 is 43.2. The van der Waals surface area contributed by atoms with Gasteiger partial charge in [0.1, 0.15) is 5.82 Å². The quantitative estimate of drug-likeness (QED) is 0.378. The number of benzene rings is 1. The summed E-state index contributed by atoms with van der Waals surface area (Å²) in [6, 6.07) is 2.95. The first kappa shape index (κ1) is 16.3. The lowest BCUT2D eigenvalue weighted by Gasteiger charge is -2.05. The van der Waals surface area contributed by atoms with Gasteiger partial charge in [0.25, 0.3) is 6.43 Å². The molecule has 6 nitrogen and oxygen atoms in total. The number of rotatable bonds is 5. The van der Waals surface area contributed by atoms with Gasteiger partial charge in [-0.1, -0.05) is 6.92 Å². The van der Waals surface area contributed by atoms with Crippen molar-refractivity contribution < 1.29 is 23.0 Å². The van der Waals surface area contributed by atoms with E-state index in [9.17, 15) is 13.2 Å². The molecule has 1 aromatic carbocycles. The zero-order valence-corrected chi connectivity index (χ0v) is 12.1. The standard InChI is InChI=1S/C12H11F3N4O2S/c1-2-22-12-9(18-21-19-12)11(17-20)16-6-3-4-8(13)7(5-6)10(14)15/h3-5,10,20H,2H2,1H3,(H,16,17). The molecule has 118 valence electrons. The highest BCUT2D eigenvalue weighted by molar-refractivity contribution is 7.99. The van der Waals surface area contributed by atoms with Gasteiger partial charge in [-0.15, -0.1) is 11.8 Å². The van der Waals surface area contributed by atoms with Gasteiger partial charge in [0.2, 0.25) is 0 Å². The molecule has 0 spiro atoms. The molecule has 2 N–H and O–H groups in total. The van der Waals surface area contributed by atoms with Crippen molar-refractivity contribution >= 4 is 23.3 Å². The number of thioether (sulfide) groups is 1. The van der Waals surface area contributed by atoms with Crippen molar-refractivity contribution in [3.8, 4) is 0 Å². The Morgan fingerprint density at radius 1 is 1.45 bits per heavy atom. The third-order valence-corrected chi connectivity index (χ3v) is 3.36. The summed E-state index contributed by atoms with van der Waals surface area (Å²) in [4.78, 5) is 3.93. The normalized spacial score (nSPS) is 12.0. The molecular formula is C12H11F3N4O2S. The first-order valence-electron chi connectivity index (χ1n) is 6.09. The highest BCUT2D eigenvalue weighted by Crippen LogP contribution is 2.27. The van der Waals surface area contributed by atoms with Crippen LogP contribution in [0.4, 0.5) is 18.9 Å². The first-order valence-corrected chi connectivity index (χ1v) is 7.07. The number of nitrogens with zero attached hydrogens (tertiary/aromatic N) is 3. The molecule has 0 fully saturated rings. The summed E-state index contributed by atoms with van der Waals surface area (Å²) in [5.41, 5.74) is 1.17. The van der Waals surface area contributed by atoms with E-state index in [1.54, 1.807) is 0 Å². The molecule has 0 saturated carbocycles. The van der Waals surface area contributed by atoms with Crippen molar-refractivity contribution in [3.05, 3.63) is 35.3 Å². The number of halogens is 3. The Morgan fingerprint density at radius 3 is 2.86 bits per heavy atom. The predicted molar refractivity (Wildman–Crippen MR) is 73.2 cm³/mol. The fourth-order valence-electron chi connectivity index (χ4n) is 1.58. The Morgan fingerprint density at radius 2 is 2.23 bits per heavy atom. The van der Waals surface area contributed by atoms with Crippen molar-refractivity contribution in [2.45, 2.75) is 18.4 Å². The van der Waals surface area contributed by atoms with Crippen LogP contribution in [0.25, 0.3) is 0 Å². The van der Waals surface area contributed by atoms with Crippen LogP contribution in [0, 0.1) is 5.82 Å². The topological polar surface area (TPSA) is 83.5 Å². The average molecular weight is 332 g/mol. The van der Waals surface area contributed by atoms with E-state index in [2.05, 4.69) is 19.9 Å². The van der Waals surface area contributed by atoms with Crippen LogP contribution in [0.5, 0.6) is 0 Å². The van der Waals surface area contributed by atoms with Gasteiger partial charge in [-0.3, -0.25) is 10.7 Å². The van der Waals surface area contributed by atoms with Gasteiger partial charge in [-0.2, -0.15) is 0 Å². The Kier molecular flexibility index (Phi) is 5.39. The molecule has 0 saturated heterocycles. The summed E-state index contributed by atoms with van der Waals surface area (Å²) in [5.74, 6) is -0.506. The van der Waals surface area contributed by atoms with Crippen LogP contribution in [0.2, 0.25) is 0 Å². The number of nitrogens with one attached hydrogen (secondary N) is 1. The number of aliphatic imine (C=N–C) groups is 1. The highest BCUT2D eigenvalue weighted by Gasteiger charge is 2.18. The summed E-state index contributed by atoms with van der Waals surface area (Å²) in [7, 11) is 0. The third-order valence-electron chi connectivity index (χ3n) is 2.53. The number of amidine groups is 1. The largest absolute Gasteiger partial charge is 0.290 e. The van der Waals surface area contributed by atoms with Crippen LogP contribution in [0.15, 0.2) is 32.8 Å². The SMILES string of the molecule is CCSc1nonc1C(=Nc1ccc(F)c(C(F)F)c1)NO. The van der Waals surface area contributed by atoms with E-state index in [0.717, 1.165) is 12.1 Å². The minimum atomic E-state index is -2.97. The highest BCUT2D eigenvalue weighted by atomic mass is 32.2. The number of alkyl halides is 2. The van der Waals surface area contributed by atoms with Crippen LogP contribution in [0.3, 0.4) is 0 Å². The number of hydrogen-bond acceptors (Lipinski definition) is 6. The molecule has 22 heavy (non-hydrogen) atoms. The van der Waals surface area contributed by atoms with E-state index in [-0.39, 0.29) is 17.2 Å². The zero-order chi connectivity index (χ0) is 16.1. The number of aromatic nitrogens is 2. The molecule has 1 heterocycles. The predicted octanol–water partition coefficient (Wildman–Crippen LogP) is 3.32. The Bertz CT molecular complexity index is 678. The van der Waals surface area contributed by atoms with E-state index >= 15 is 0 Å².